The summed E-state index contributed by atoms with van der Waals surface area (Å²) in [4.78, 5) is 18.0. The maximum absolute atomic E-state index is 11.6. The van der Waals surface area contributed by atoms with Crippen molar-refractivity contribution < 1.29 is 9.53 Å². The lowest BCUT2D eigenvalue weighted by molar-refractivity contribution is -0.122. The standard InChI is InChI=1S/C13H22ClN3O2S/c1-17(9-12(18)15-5-7-19-2)6-3-4-13-16-11(8-14)10-20-13/h10H,3-9H2,1-2H3,(H,15,18). The van der Waals surface area contributed by atoms with E-state index in [1.54, 1.807) is 18.4 Å². The van der Waals surface area contributed by atoms with Crippen LogP contribution < -0.4 is 5.32 Å². The number of rotatable bonds is 10. The molecule has 1 rings (SSSR count). The highest BCUT2D eigenvalue weighted by Crippen LogP contribution is 2.13. The Bertz CT molecular complexity index is 401. The molecular weight excluding hydrogens is 298 g/mol. The van der Waals surface area contributed by atoms with Crippen molar-refractivity contribution in [2.24, 2.45) is 0 Å². The number of aryl methyl sites for hydroxylation is 1. The Hall–Kier alpha value is -0.690. The number of carbonyl (C=O) groups excluding carboxylic acids is 1. The van der Waals surface area contributed by atoms with Gasteiger partial charge in [0.15, 0.2) is 0 Å². The molecule has 1 N–H and O–H groups in total. The molecule has 114 valence electrons. The van der Waals surface area contributed by atoms with Crippen molar-refractivity contribution >= 4 is 28.8 Å². The third-order valence-corrected chi connectivity index (χ3v) is 3.94. The first-order valence-corrected chi connectivity index (χ1v) is 8.00. The number of nitrogens with one attached hydrogen (secondary N) is 1. The van der Waals surface area contributed by atoms with Gasteiger partial charge in [0.05, 0.1) is 29.7 Å². The molecule has 7 heteroatoms. The van der Waals surface area contributed by atoms with Crippen LogP contribution in [0.1, 0.15) is 17.1 Å². The Morgan fingerprint density at radius 3 is 3.05 bits per heavy atom. The van der Waals surface area contributed by atoms with Crippen molar-refractivity contribution in [2.45, 2.75) is 18.7 Å². The van der Waals surface area contributed by atoms with Crippen LogP contribution in [0.3, 0.4) is 0 Å². The van der Waals surface area contributed by atoms with Crippen LogP contribution in [0, 0.1) is 0 Å². The number of aromatic nitrogens is 1. The normalized spacial score (nSPS) is 11.0. The molecule has 0 aliphatic heterocycles. The molecule has 1 aromatic rings. The highest BCUT2D eigenvalue weighted by molar-refractivity contribution is 7.09. The highest BCUT2D eigenvalue weighted by atomic mass is 35.5. The van der Waals surface area contributed by atoms with Gasteiger partial charge in [-0.3, -0.25) is 9.69 Å². The molecule has 0 aliphatic carbocycles. The minimum Gasteiger partial charge on any atom is -0.383 e. The molecule has 0 atom stereocenters. The van der Waals surface area contributed by atoms with Crippen LogP contribution >= 0.6 is 22.9 Å². The lowest BCUT2D eigenvalue weighted by Gasteiger charge is -2.15. The van der Waals surface area contributed by atoms with Gasteiger partial charge in [-0.1, -0.05) is 0 Å². The van der Waals surface area contributed by atoms with Crippen LogP contribution in [0.25, 0.3) is 0 Å². The van der Waals surface area contributed by atoms with E-state index >= 15 is 0 Å². The summed E-state index contributed by atoms with van der Waals surface area (Å²) in [5.74, 6) is 0.501. The van der Waals surface area contributed by atoms with Gasteiger partial charge in [-0.05, 0) is 20.0 Å². The van der Waals surface area contributed by atoms with Crippen molar-refractivity contribution in [1.82, 2.24) is 15.2 Å². The van der Waals surface area contributed by atoms with E-state index < -0.39 is 0 Å². The smallest absolute Gasteiger partial charge is 0.234 e. The minimum atomic E-state index is 0.0308. The Kier molecular flexibility index (Phi) is 8.77. The van der Waals surface area contributed by atoms with Crippen LogP contribution in [-0.4, -0.2) is 56.2 Å². The van der Waals surface area contributed by atoms with Crippen LogP contribution in [0.15, 0.2) is 5.38 Å². The van der Waals surface area contributed by atoms with Crippen molar-refractivity contribution in [3.05, 3.63) is 16.1 Å². The molecule has 0 aliphatic rings. The molecule has 1 aromatic heterocycles. The van der Waals surface area contributed by atoms with Gasteiger partial charge in [0.25, 0.3) is 0 Å². The third kappa shape index (κ3) is 7.19. The second-order valence-corrected chi connectivity index (χ2v) is 5.76. The van der Waals surface area contributed by atoms with Gasteiger partial charge in [-0.2, -0.15) is 0 Å². The topological polar surface area (TPSA) is 54.5 Å². The lowest BCUT2D eigenvalue weighted by Crippen LogP contribution is -2.37. The number of methoxy groups -OCH3 is 1. The van der Waals surface area contributed by atoms with Crippen molar-refractivity contribution in [2.75, 3.05) is 40.4 Å². The molecule has 0 radical (unpaired) electrons. The quantitative estimate of drug-likeness (QED) is 0.524. The van der Waals surface area contributed by atoms with Crippen LogP contribution in [0.4, 0.5) is 0 Å². The van der Waals surface area contributed by atoms with Crippen LogP contribution in [0.2, 0.25) is 0 Å². The zero-order valence-corrected chi connectivity index (χ0v) is 13.6. The van der Waals surface area contributed by atoms with Gasteiger partial charge in [-0.25, -0.2) is 4.98 Å². The Balaban J connectivity index is 2.13. The summed E-state index contributed by atoms with van der Waals surface area (Å²) in [5.41, 5.74) is 0.942. The van der Waals surface area contributed by atoms with Gasteiger partial charge in [-0.15, -0.1) is 22.9 Å². The van der Waals surface area contributed by atoms with E-state index in [1.807, 2.05) is 17.3 Å². The number of hydrogen-bond donors (Lipinski definition) is 1. The molecule has 0 saturated heterocycles. The predicted molar refractivity (Wildman–Crippen MR) is 82.4 cm³/mol. The van der Waals surface area contributed by atoms with Gasteiger partial charge < -0.3 is 10.1 Å². The average Bonchev–Trinajstić information content (AvgIpc) is 2.87. The highest BCUT2D eigenvalue weighted by Gasteiger charge is 2.07. The fourth-order valence-corrected chi connectivity index (χ4v) is 2.77. The number of likely N-dealkylation sites (N-methyl/N-ethyl adjacent to an activating group) is 1. The van der Waals surface area contributed by atoms with Crippen LogP contribution in [-0.2, 0) is 21.8 Å². The summed E-state index contributed by atoms with van der Waals surface area (Å²) in [6.07, 6.45) is 1.91. The zero-order valence-electron chi connectivity index (χ0n) is 12.0. The molecule has 20 heavy (non-hydrogen) atoms. The summed E-state index contributed by atoms with van der Waals surface area (Å²) in [5, 5.41) is 5.91. The first kappa shape index (κ1) is 17.4. The molecule has 0 bridgehead atoms. The van der Waals surface area contributed by atoms with E-state index in [1.165, 1.54) is 0 Å². The third-order valence-electron chi connectivity index (χ3n) is 2.71. The molecule has 1 amide bonds. The average molecular weight is 320 g/mol. The molecule has 0 spiro atoms. The van der Waals surface area contributed by atoms with E-state index in [0.29, 0.717) is 25.6 Å². The summed E-state index contributed by atoms with van der Waals surface area (Å²) >= 11 is 7.36. The largest absolute Gasteiger partial charge is 0.383 e. The Morgan fingerprint density at radius 2 is 2.40 bits per heavy atom. The van der Waals surface area contributed by atoms with E-state index in [-0.39, 0.29) is 5.91 Å². The second-order valence-electron chi connectivity index (χ2n) is 4.55. The SMILES string of the molecule is COCCNC(=O)CN(C)CCCc1nc(CCl)cs1. The Labute approximate surface area is 129 Å². The number of alkyl halides is 1. The maximum atomic E-state index is 11.6. The maximum Gasteiger partial charge on any atom is 0.234 e. The van der Waals surface area contributed by atoms with E-state index in [9.17, 15) is 4.79 Å². The minimum absolute atomic E-state index is 0.0308. The van der Waals surface area contributed by atoms with Gasteiger partial charge in [0.1, 0.15) is 0 Å². The number of thiazole rings is 1. The predicted octanol–water partition coefficient (Wildman–Crippen LogP) is 1.51. The summed E-state index contributed by atoms with van der Waals surface area (Å²) in [6, 6.07) is 0. The number of hydrogen-bond acceptors (Lipinski definition) is 5. The number of carbonyl (C=O) groups is 1. The Morgan fingerprint density at radius 1 is 1.60 bits per heavy atom. The lowest BCUT2D eigenvalue weighted by atomic mass is 10.3. The fourth-order valence-electron chi connectivity index (χ4n) is 1.70. The molecular formula is C13H22ClN3O2S. The first-order valence-electron chi connectivity index (χ1n) is 6.59. The fraction of sp³-hybridized carbons (Fsp3) is 0.692. The van der Waals surface area contributed by atoms with Crippen LogP contribution in [0.5, 0.6) is 0 Å². The molecule has 1 heterocycles. The van der Waals surface area contributed by atoms with Gasteiger partial charge >= 0.3 is 0 Å². The van der Waals surface area contributed by atoms with Crippen molar-refractivity contribution in [3.63, 3.8) is 0 Å². The number of ether oxygens (including phenoxy) is 1. The van der Waals surface area contributed by atoms with E-state index in [4.69, 9.17) is 16.3 Å². The number of amides is 1. The van der Waals surface area contributed by atoms with Crippen molar-refractivity contribution in [3.8, 4) is 0 Å². The second kappa shape index (κ2) is 10.1. The van der Waals surface area contributed by atoms with Gasteiger partial charge in [0, 0.05) is 25.5 Å². The van der Waals surface area contributed by atoms with E-state index in [0.717, 1.165) is 30.1 Å². The summed E-state index contributed by atoms with van der Waals surface area (Å²) in [6.45, 7) is 2.38. The molecule has 0 unspecified atom stereocenters. The molecule has 0 aromatic carbocycles. The van der Waals surface area contributed by atoms with E-state index in [2.05, 4.69) is 10.3 Å². The molecule has 5 nitrogen and oxygen atoms in total. The monoisotopic (exact) mass is 319 g/mol. The first-order chi connectivity index (χ1) is 9.65. The molecule has 0 saturated carbocycles. The van der Waals surface area contributed by atoms with Crippen molar-refractivity contribution in [1.29, 1.82) is 0 Å². The zero-order chi connectivity index (χ0) is 14.8. The van der Waals surface area contributed by atoms with Gasteiger partial charge in [0.2, 0.25) is 5.91 Å². The number of nitrogens with zero attached hydrogens (tertiary/aromatic N) is 2. The summed E-state index contributed by atoms with van der Waals surface area (Å²) < 4.78 is 4.88. The summed E-state index contributed by atoms with van der Waals surface area (Å²) in [7, 11) is 3.56. The number of halogens is 1. The molecule has 0 fully saturated rings.